The molecule has 5 rings (SSSR count). The van der Waals surface area contributed by atoms with Crippen molar-refractivity contribution in [2.75, 3.05) is 13.1 Å². The van der Waals surface area contributed by atoms with Crippen molar-refractivity contribution in [3.8, 4) is 0 Å². The van der Waals surface area contributed by atoms with Gasteiger partial charge in [-0.15, -0.1) is 0 Å². The lowest BCUT2D eigenvalue weighted by Crippen LogP contribution is -2.48. The summed E-state index contributed by atoms with van der Waals surface area (Å²) in [6.45, 7) is 4.39. The summed E-state index contributed by atoms with van der Waals surface area (Å²) in [5.74, 6) is 0.120. The highest BCUT2D eigenvalue weighted by Crippen LogP contribution is 2.50. The van der Waals surface area contributed by atoms with Gasteiger partial charge in [0, 0.05) is 35.8 Å². The molecule has 28 heavy (non-hydrogen) atoms. The predicted octanol–water partition coefficient (Wildman–Crippen LogP) is 4.82. The van der Waals surface area contributed by atoms with Crippen LogP contribution in [0.15, 0.2) is 72.8 Å². The molecular formula is C24H21ClN2O. The summed E-state index contributed by atoms with van der Waals surface area (Å²) in [6.07, 6.45) is 0. The minimum absolute atomic E-state index is 0.120. The summed E-state index contributed by atoms with van der Waals surface area (Å²) in [6, 6.07) is 24.6. The Morgan fingerprint density at radius 2 is 1.64 bits per heavy atom. The molecule has 1 amide bonds. The molecule has 2 aliphatic rings. The Labute approximate surface area is 170 Å². The summed E-state index contributed by atoms with van der Waals surface area (Å²) in [5, 5.41) is 0.737. The number of nitrogens with zero attached hydrogens (tertiary/aromatic N) is 2. The molecule has 2 heterocycles. The van der Waals surface area contributed by atoms with E-state index in [9.17, 15) is 4.79 Å². The quantitative estimate of drug-likeness (QED) is 0.642. The first-order chi connectivity index (χ1) is 13.6. The molecule has 0 radical (unpaired) electrons. The van der Waals surface area contributed by atoms with Crippen LogP contribution in [0.4, 0.5) is 0 Å². The first-order valence-corrected chi connectivity index (χ1v) is 9.96. The number of amides is 1. The van der Waals surface area contributed by atoms with E-state index in [1.807, 2.05) is 35.2 Å². The van der Waals surface area contributed by atoms with Gasteiger partial charge in [0.05, 0.1) is 0 Å². The summed E-state index contributed by atoms with van der Waals surface area (Å²) in [5.41, 5.74) is 4.88. The minimum Gasteiger partial charge on any atom is -0.311 e. The number of hydrogen-bond donors (Lipinski definition) is 0. The van der Waals surface area contributed by atoms with Crippen LogP contribution < -0.4 is 0 Å². The molecule has 4 heteroatoms. The van der Waals surface area contributed by atoms with Gasteiger partial charge in [0.1, 0.15) is 5.66 Å². The van der Waals surface area contributed by atoms with Crippen LogP contribution >= 0.6 is 11.6 Å². The van der Waals surface area contributed by atoms with E-state index < -0.39 is 5.66 Å². The van der Waals surface area contributed by atoms with Crippen molar-refractivity contribution in [2.45, 2.75) is 19.1 Å². The molecule has 0 spiro atoms. The van der Waals surface area contributed by atoms with E-state index in [1.54, 1.807) is 0 Å². The van der Waals surface area contributed by atoms with E-state index >= 15 is 0 Å². The molecule has 1 fully saturated rings. The fourth-order valence-electron chi connectivity index (χ4n) is 4.68. The SMILES string of the molecule is Cc1ccc(C23c4ccccc4C(=O)N2CCN3Cc2ccc(Cl)cc2)cc1. The van der Waals surface area contributed by atoms with Gasteiger partial charge in [-0.1, -0.05) is 71.8 Å². The summed E-state index contributed by atoms with van der Waals surface area (Å²) in [7, 11) is 0. The monoisotopic (exact) mass is 388 g/mol. The number of halogens is 1. The van der Waals surface area contributed by atoms with Gasteiger partial charge in [-0.05, 0) is 36.2 Å². The molecule has 0 aliphatic carbocycles. The second-order valence-corrected chi connectivity index (χ2v) is 8.03. The van der Waals surface area contributed by atoms with E-state index in [-0.39, 0.29) is 5.91 Å². The fraction of sp³-hybridized carbons (Fsp3) is 0.208. The Morgan fingerprint density at radius 3 is 2.39 bits per heavy atom. The third-order valence-corrected chi connectivity index (χ3v) is 6.21. The first-order valence-electron chi connectivity index (χ1n) is 9.59. The van der Waals surface area contributed by atoms with Gasteiger partial charge < -0.3 is 4.90 Å². The van der Waals surface area contributed by atoms with E-state index in [4.69, 9.17) is 11.6 Å². The van der Waals surface area contributed by atoms with Crippen LogP contribution in [-0.4, -0.2) is 28.8 Å². The van der Waals surface area contributed by atoms with Crippen molar-refractivity contribution >= 4 is 17.5 Å². The molecule has 3 aromatic rings. The molecule has 1 saturated heterocycles. The molecule has 0 aromatic heterocycles. The molecule has 2 aliphatic heterocycles. The minimum atomic E-state index is -0.555. The molecule has 1 unspecified atom stereocenters. The van der Waals surface area contributed by atoms with E-state index in [2.05, 4.69) is 54.3 Å². The topological polar surface area (TPSA) is 23.6 Å². The van der Waals surface area contributed by atoms with Crippen LogP contribution in [0.3, 0.4) is 0 Å². The van der Waals surface area contributed by atoms with Gasteiger partial charge in [0.2, 0.25) is 0 Å². The van der Waals surface area contributed by atoms with Gasteiger partial charge in [0.25, 0.3) is 5.91 Å². The first kappa shape index (κ1) is 17.5. The number of hydrogen-bond acceptors (Lipinski definition) is 2. The normalized spacial score (nSPS) is 21.1. The van der Waals surface area contributed by atoms with Gasteiger partial charge in [-0.2, -0.15) is 0 Å². The van der Waals surface area contributed by atoms with Crippen molar-refractivity contribution < 1.29 is 4.79 Å². The third kappa shape index (κ3) is 2.43. The highest BCUT2D eigenvalue weighted by atomic mass is 35.5. The molecule has 3 aromatic carbocycles. The van der Waals surface area contributed by atoms with Crippen LogP contribution in [0.1, 0.15) is 32.6 Å². The lowest BCUT2D eigenvalue weighted by Gasteiger charge is -2.40. The second kappa shape index (κ2) is 6.47. The maximum Gasteiger partial charge on any atom is 0.256 e. The number of benzene rings is 3. The Hall–Kier alpha value is -2.62. The van der Waals surface area contributed by atoms with E-state index in [0.29, 0.717) is 0 Å². The molecule has 0 N–H and O–H groups in total. The average molecular weight is 389 g/mol. The van der Waals surface area contributed by atoms with E-state index in [1.165, 1.54) is 11.1 Å². The highest BCUT2D eigenvalue weighted by Gasteiger charge is 2.57. The standard InChI is InChI=1S/C24H21ClN2O/c1-17-6-10-19(11-7-17)24-22-5-3-2-4-21(22)23(28)27(24)15-14-26(24)16-18-8-12-20(25)13-9-18/h2-13H,14-16H2,1H3. The Kier molecular flexibility index (Phi) is 4.04. The van der Waals surface area contributed by atoms with Gasteiger partial charge in [0.15, 0.2) is 0 Å². The smallest absolute Gasteiger partial charge is 0.256 e. The fourth-order valence-corrected chi connectivity index (χ4v) is 4.81. The van der Waals surface area contributed by atoms with Crippen molar-refractivity contribution in [1.82, 2.24) is 9.80 Å². The highest BCUT2D eigenvalue weighted by molar-refractivity contribution is 6.30. The third-order valence-electron chi connectivity index (χ3n) is 5.96. The van der Waals surface area contributed by atoms with Crippen molar-refractivity contribution in [2.24, 2.45) is 0 Å². The number of rotatable bonds is 3. The molecular weight excluding hydrogens is 368 g/mol. The van der Waals surface area contributed by atoms with Crippen LogP contribution in [-0.2, 0) is 12.2 Å². The largest absolute Gasteiger partial charge is 0.311 e. The van der Waals surface area contributed by atoms with Crippen LogP contribution in [0, 0.1) is 6.92 Å². The van der Waals surface area contributed by atoms with Gasteiger partial charge in [-0.25, -0.2) is 0 Å². The number of carbonyl (C=O) groups is 1. The van der Waals surface area contributed by atoms with Crippen LogP contribution in [0.25, 0.3) is 0 Å². The maximum absolute atomic E-state index is 13.2. The summed E-state index contributed by atoms with van der Waals surface area (Å²) < 4.78 is 0. The molecule has 140 valence electrons. The second-order valence-electron chi connectivity index (χ2n) is 7.59. The molecule has 3 nitrogen and oxygen atoms in total. The predicted molar refractivity (Wildman–Crippen MR) is 111 cm³/mol. The number of carbonyl (C=O) groups excluding carboxylic acids is 1. The molecule has 0 bridgehead atoms. The number of fused-ring (bicyclic) bond motifs is 3. The Morgan fingerprint density at radius 1 is 0.929 bits per heavy atom. The van der Waals surface area contributed by atoms with Crippen molar-refractivity contribution in [1.29, 1.82) is 0 Å². The van der Waals surface area contributed by atoms with Gasteiger partial charge >= 0.3 is 0 Å². The van der Waals surface area contributed by atoms with Gasteiger partial charge in [-0.3, -0.25) is 9.69 Å². The number of aryl methyl sites for hydroxylation is 1. The van der Waals surface area contributed by atoms with E-state index in [0.717, 1.165) is 41.3 Å². The molecule has 0 saturated carbocycles. The zero-order valence-corrected chi connectivity index (χ0v) is 16.5. The Balaban J connectivity index is 1.69. The lowest BCUT2D eigenvalue weighted by molar-refractivity contribution is 0.0429. The Bertz CT molecular complexity index is 1040. The van der Waals surface area contributed by atoms with Crippen molar-refractivity contribution in [3.05, 3.63) is 106 Å². The molecule has 1 atom stereocenters. The van der Waals surface area contributed by atoms with Crippen molar-refractivity contribution in [3.63, 3.8) is 0 Å². The zero-order chi connectivity index (χ0) is 19.3. The summed E-state index contributed by atoms with van der Waals surface area (Å²) >= 11 is 6.08. The zero-order valence-electron chi connectivity index (χ0n) is 15.7. The lowest BCUT2D eigenvalue weighted by atomic mass is 9.89. The summed E-state index contributed by atoms with van der Waals surface area (Å²) in [4.78, 5) is 17.7. The van der Waals surface area contributed by atoms with Crippen LogP contribution in [0.5, 0.6) is 0 Å². The average Bonchev–Trinajstić information content (AvgIpc) is 3.20. The van der Waals surface area contributed by atoms with Crippen LogP contribution in [0.2, 0.25) is 5.02 Å². The maximum atomic E-state index is 13.2.